The third-order valence-electron chi connectivity index (χ3n) is 6.35. The Morgan fingerprint density at radius 2 is 1.82 bits per heavy atom. The molecule has 1 aromatic carbocycles. The van der Waals surface area contributed by atoms with E-state index in [2.05, 4.69) is 15.3 Å². The van der Waals surface area contributed by atoms with Gasteiger partial charge in [0.25, 0.3) is 5.91 Å². The number of carbonyl (C=O) groups excluding carboxylic acids is 2. The highest BCUT2D eigenvalue weighted by molar-refractivity contribution is 6.03. The molecule has 0 saturated carbocycles. The number of anilines is 1. The minimum atomic E-state index is -0.760. The number of benzene rings is 1. The number of nitrogens with zero attached hydrogens (tertiary/aromatic N) is 7. The van der Waals surface area contributed by atoms with Gasteiger partial charge in [-0.15, -0.1) is 0 Å². The first kappa shape index (κ1) is 23.4. The number of rotatable bonds is 4. The number of amides is 2. The van der Waals surface area contributed by atoms with Gasteiger partial charge in [0, 0.05) is 36.9 Å². The standard InChI is InChI=1S/C26H20F2N8O2/c1-15(37)34-10-11-35-20(13-34)24(25(33-35)16-2-4-18(27)5-3-16)19-6-7-23-30-22(14-36(23)32-19)31-26(38)17-8-9-29-21(28)12-17/h2-9,12,14H,10-11,13H2,1H3,(H,31,38). The predicted octanol–water partition coefficient (Wildman–Crippen LogP) is 3.55. The fourth-order valence-corrected chi connectivity index (χ4v) is 4.47. The molecule has 10 nitrogen and oxygen atoms in total. The highest BCUT2D eigenvalue weighted by Gasteiger charge is 2.28. The molecule has 6 rings (SSSR count). The van der Waals surface area contributed by atoms with E-state index in [-0.39, 0.29) is 23.1 Å². The quantitative estimate of drug-likeness (QED) is 0.368. The van der Waals surface area contributed by atoms with Gasteiger partial charge in [0.1, 0.15) is 11.5 Å². The van der Waals surface area contributed by atoms with Crippen molar-refractivity contribution in [2.75, 3.05) is 11.9 Å². The minimum Gasteiger partial charge on any atom is -0.335 e. The van der Waals surface area contributed by atoms with E-state index in [4.69, 9.17) is 10.2 Å². The fraction of sp³-hybridized carbons (Fsp3) is 0.154. The van der Waals surface area contributed by atoms with Crippen LogP contribution in [0.25, 0.3) is 28.2 Å². The first-order chi connectivity index (χ1) is 18.4. The van der Waals surface area contributed by atoms with Gasteiger partial charge < -0.3 is 10.2 Å². The third kappa shape index (κ3) is 4.25. The van der Waals surface area contributed by atoms with Crippen molar-refractivity contribution in [3.8, 4) is 22.5 Å². The lowest BCUT2D eigenvalue weighted by Crippen LogP contribution is -2.37. The van der Waals surface area contributed by atoms with Gasteiger partial charge in [0.15, 0.2) is 11.5 Å². The van der Waals surface area contributed by atoms with Crippen molar-refractivity contribution in [1.82, 2.24) is 34.3 Å². The molecule has 190 valence electrons. The van der Waals surface area contributed by atoms with Crippen molar-refractivity contribution in [3.05, 3.63) is 83.9 Å². The summed E-state index contributed by atoms with van der Waals surface area (Å²) in [6.07, 6.45) is 2.75. The number of carbonyl (C=O) groups is 2. The second-order valence-corrected chi connectivity index (χ2v) is 8.81. The van der Waals surface area contributed by atoms with E-state index < -0.39 is 11.9 Å². The number of imidazole rings is 1. The molecule has 5 heterocycles. The largest absolute Gasteiger partial charge is 0.335 e. The molecule has 0 spiro atoms. The van der Waals surface area contributed by atoms with Crippen LogP contribution in [0.3, 0.4) is 0 Å². The smallest absolute Gasteiger partial charge is 0.257 e. The molecule has 5 aromatic rings. The average molecular weight is 514 g/mol. The summed E-state index contributed by atoms with van der Waals surface area (Å²) in [5.41, 5.74) is 4.00. The van der Waals surface area contributed by atoms with Crippen molar-refractivity contribution < 1.29 is 18.4 Å². The molecule has 0 radical (unpaired) electrons. The predicted molar refractivity (Wildman–Crippen MR) is 133 cm³/mol. The first-order valence-corrected chi connectivity index (χ1v) is 11.8. The maximum atomic E-state index is 13.6. The summed E-state index contributed by atoms with van der Waals surface area (Å²) in [5, 5.41) is 12.1. The van der Waals surface area contributed by atoms with Crippen LogP contribution in [0, 0.1) is 11.8 Å². The topological polar surface area (TPSA) is 110 Å². The molecule has 0 fully saturated rings. The Bertz CT molecular complexity index is 1710. The number of fused-ring (bicyclic) bond motifs is 2. The molecule has 0 saturated heterocycles. The summed E-state index contributed by atoms with van der Waals surface area (Å²) in [6, 6.07) is 12.0. The van der Waals surface area contributed by atoms with Gasteiger partial charge in [-0.2, -0.15) is 14.6 Å². The van der Waals surface area contributed by atoms with Crippen LogP contribution in [-0.2, 0) is 17.9 Å². The van der Waals surface area contributed by atoms with Crippen molar-refractivity contribution in [2.45, 2.75) is 20.0 Å². The number of hydrogen-bond donors (Lipinski definition) is 1. The number of hydrogen-bond acceptors (Lipinski definition) is 6. The molecule has 1 aliphatic rings. The molecule has 0 unspecified atom stereocenters. The van der Waals surface area contributed by atoms with Crippen LogP contribution in [0.15, 0.2) is 60.9 Å². The number of aromatic nitrogens is 6. The van der Waals surface area contributed by atoms with E-state index in [0.29, 0.717) is 42.2 Å². The van der Waals surface area contributed by atoms with Crippen LogP contribution in [0.5, 0.6) is 0 Å². The Hall–Kier alpha value is -5.00. The Kier molecular flexibility index (Phi) is 5.63. The highest BCUT2D eigenvalue weighted by Crippen LogP contribution is 2.36. The molecule has 0 bridgehead atoms. The van der Waals surface area contributed by atoms with Crippen LogP contribution in [0.2, 0.25) is 0 Å². The van der Waals surface area contributed by atoms with Gasteiger partial charge in [-0.3, -0.25) is 14.3 Å². The fourth-order valence-electron chi connectivity index (χ4n) is 4.47. The molecule has 2 amide bonds. The molecule has 0 aliphatic carbocycles. The Labute approximate surface area is 214 Å². The minimum absolute atomic E-state index is 0.0424. The summed E-state index contributed by atoms with van der Waals surface area (Å²) < 4.78 is 30.4. The van der Waals surface area contributed by atoms with E-state index in [1.165, 1.54) is 35.8 Å². The number of pyridine rings is 1. The molecule has 4 aromatic heterocycles. The zero-order chi connectivity index (χ0) is 26.4. The SMILES string of the molecule is CC(=O)N1CCn2nc(-c3ccc(F)cc3)c(-c3ccc4nc(NC(=O)c5ccnc(F)c5)cn4n3)c2C1. The van der Waals surface area contributed by atoms with Gasteiger partial charge in [-0.05, 0) is 42.5 Å². The van der Waals surface area contributed by atoms with E-state index in [0.717, 1.165) is 17.3 Å². The summed E-state index contributed by atoms with van der Waals surface area (Å²) in [5.74, 6) is -1.47. The highest BCUT2D eigenvalue weighted by atomic mass is 19.1. The second kappa shape index (κ2) is 9.14. The summed E-state index contributed by atoms with van der Waals surface area (Å²) in [6.45, 7) is 2.93. The van der Waals surface area contributed by atoms with Gasteiger partial charge in [-0.25, -0.2) is 18.9 Å². The van der Waals surface area contributed by atoms with Crippen molar-refractivity contribution in [2.24, 2.45) is 0 Å². The third-order valence-corrected chi connectivity index (χ3v) is 6.35. The lowest BCUT2D eigenvalue weighted by molar-refractivity contribution is -0.130. The van der Waals surface area contributed by atoms with Crippen LogP contribution in [0.1, 0.15) is 23.0 Å². The van der Waals surface area contributed by atoms with Crippen LogP contribution < -0.4 is 5.32 Å². The van der Waals surface area contributed by atoms with Crippen LogP contribution in [0.4, 0.5) is 14.6 Å². The molecular weight excluding hydrogens is 494 g/mol. The van der Waals surface area contributed by atoms with Gasteiger partial charge >= 0.3 is 0 Å². The number of nitrogens with one attached hydrogen (secondary N) is 1. The van der Waals surface area contributed by atoms with Crippen molar-refractivity contribution >= 4 is 23.3 Å². The first-order valence-electron chi connectivity index (χ1n) is 11.8. The lowest BCUT2D eigenvalue weighted by atomic mass is 10.0. The van der Waals surface area contributed by atoms with Gasteiger partial charge in [0.05, 0.1) is 36.2 Å². The summed E-state index contributed by atoms with van der Waals surface area (Å²) >= 11 is 0. The zero-order valence-electron chi connectivity index (χ0n) is 20.1. The Morgan fingerprint density at radius 1 is 1.00 bits per heavy atom. The van der Waals surface area contributed by atoms with E-state index in [1.54, 1.807) is 35.4 Å². The molecule has 38 heavy (non-hydrogen) atoms. The van der Waals surface area contributed by atoms with Crippen molar-refractivity contribution in [1.29, 1.82) is 0 Å². The molecule has 12 heteroatoms. The van der Waals surface area contributed by atoms with Crippen LogP contribution >= 0.6 is 0 Å². The van der Waals surface area contributed by atoms with Gasteiger partial charge in [0.2, 0.25) is 11.9 Å². The van der Waals surface area contributed by atoms with E-state index in [9.17, 15) is 18.4 Å². The van der Waals surface area contributed by atoms with Gasteiger partial charge in [-0.1, -0.05) is 0 Å². The normalized spacial score (nSPS) is 13.0. The van der Waals surface area contributed by atoms with Crippen molar-refractivity contribution in [3.63, 3.8) is 0 Å². The lowest BCUT2D eigenvalue weighted by Gasteiger charge is -2.27. The van der Waals surface area contributed by atoms with Crippen LogP contribution in [-0.4, -0.2) is 52.6 Å². The molecule has 0 atom stereocenters. The van der Waals surface area contributed by atoms with E-state index >= 15 is 0 Å². The Balaban J connectivity index is 1.41. The maximum Gasteiger partial charge on any atom is 0.257 e. The van der Waals surface area contributed by atoms with E-state index in [1.807, 2.05) is 4.68 Å². The average Bonchev–Trinajstić information content (AvgIpc) is 3.48. The number of halogens is 2. The second-order valence-electron chi connectivity index (χ2n) is 8.81. The maximum absolute atomic E-state index is 13.6. The summed E-state index contributed by atoms with van der Waals surface area (Å²) in [4.78, 5) is 34.2. The molecule has 1 N–H and O–H groups in total. The monoisotopic (exact) mass is 514 g/mol. The molecule has 1 aliphatic heterocycles. The summed E-state index contributed by atoms with van der Waals surface area (Å²) in [7, 11) is 0. The Morgan fingerprint density at radius 3 is 2.58 bits per heavy atom. The molecular formula is C26H20F2N8O2. The zero-order valence-corrected chi connectivity index (χ0v) is 20.1.